The second-order valence-corrected chi connectivity index (χ2v) is 7.81. The second-order valence-electron chi connectivity index (χ2n) is 7.81. The topological polar surface area (TPSA) is 73.1 Å². The Bertz CT molecular complexity index is 1330. The van der Waals surface area contributed by atoms with Crippen LogP contribution in [0.15, 0.2) is 43.1 Å². The van der Waals surface area contributed by atoms with E-state index in [2.05, 4.69) is 15.1 Å². The van der Waals surface area contributed by atoms with Crippen LogP contribution < -0.4 is 9.64 Å². The molecule has 1 amide bonds. The number of pyridine rings is 2. The summed E-state index contributed by atoms with van der Waals surface area (Å²) in [5, 5.41) is 5.09. The molecule has 0 aliphatic rings. The maximum Gasteiger partial charge on any atom is 0.231 e. The molecule has 3 heterocycles. The van der Waals surface area contributed by atoms with Crippen LogP contribution in [-0.2, 0) is 11.3 Å². The summed E-state index contributed by atoms with van der Waals surface area (Å²) >= 11 is 0. The molecule has 3 aromatic heterocycles. The molecule has 0 saturated heterocycles. The molecule has 170 valence electrons. The highest BCUT2D eigenvalue weighted by atomic mass is 19.1. The van der Waals surface area contributed by atoms with Gasteiger partial charge < -0.3 is 4.74 Å². The van der Waals surface area contributed by atoms with Crippen molar-refractivity contribution in [3.8, 4) is 16.9 Å². The number of amides is 1. The minimum Gasteiger partial charge on any atom is -0.496 e. The number of nitrogens with zero attached hydrogens (tertiary/aromatic N) is 5. The minimum atomic E-state index is -0.556. The molecule has 0 radical (unpaired) electrons. The van der Waals surface area contributed by atoms with Gasteiger partial charge in [0.05, 0.1) is 36.4 Å². The van der Waals surface area contributed by atoms with Crippen LogP contribution >= 0.6 is 0 Å². The Morgan fingerprint density at radius 2 is 1.85 bits per heavy atom. The first-order valence-corrected chi connectivity index (χ1v) is 10.8. The molecular weight excluding hydrogens is 421 g/mol. The van der Waals surface area contributed by atoms with Crippen LogP contribution in [0.1, 0.15) is 31.4 Å². The Labute approximate surface area is 191 Å². The number of halogens is 1. The molecule has 4 aromatic rings. The normalized spacial score (nSPS) is 11.1. The van der Waals surface area contributed by atoms with Gasteiger partial charge in [-0.2, -0.15) is 5.10 Å². The third kappa shape index (κ3) is 3.92. The van der Waals surface area contributed by atoms with Crippen molar-refractivity contribution in [2.24, 2.45) is 0 Å². The predicted molar refractivity (Wildman–Crippen MR) is 126 cm³/mol. The number of benzene rings is 1. The minimum absolute atomic E-state index is 0.198. The standard InChI is InChI=1S/C25H26FN5O2/c1-6-23(32)31(25-15(3)10-27-13-20(25)26)24-16(4)11-28-21-9-22(33-5)18(8-19(21)24)17-12-29-30(7-2)14-17/h8-14H,6-7H2,1-5H3. The molecule has 0 fully saturated rings. The van der Waals surface area contributed by atoms with Crippen LogP contribution in [0.2, 0.25) is 0 Å². The van der Waals surface area contributed by atoms with Crippen molar-refractivity contribution in [3.63, 3.8) is 0 Å². The fourth-order valence-corrected chi connectivity index (χ4v) is 4.00. The summed E-state index contributed by atoms with van der Waals surface area (Å²) in [4.78, 5) is 23.2. The van der Waals surface area contributed by atoms with Gasteiger partial charge in [0.1, 0.15) is 5.75 Å². The Morgan fingerprint density at radius 1 is 1.09 bits per heavy atom. The van der Waals surface area contributed by atoms with E-state index < -0.39 is 5.82 Å². The molecule has 1 aromatic carbocycles. The zero-order chi connectivity index (χ0) is 23.7. The van der Waals surface area contributed by atoms with Gasteiger partial charge in [0.25, 0.3) is 0 Å². The summed E-state index contributed by atoms with van der Waals surface area (Å²) in [5.41, 5.74) is 4.44. The van der Waals surface area contributed by atoms with Crippen LogP contribution in [0.25, 0.3) is 22.0 Å². The lowest BCUT2D eigenvalue weighted by atomic mass is 10.0. The molecule has 0 atom stereocenters. The summed E-state index contributed by atoms with van der Waals surface area (Å²) in [7, 11) is 1.60. The quantitative estimate of drug-likeness (QED) is 0.398. The van der Waals surface area contributed by atoms with Gasteiger partial charge in [-0.05, 0) is 38.0 Å². The van der Waals surface area contributed by atoms with E-state index in [4.69, 9.17) is 4.74 Å². The van der Waals surface area contributed by atoms with Gasteiger partial charge in [0.2, 0.25) is 5.91 Å². The van der Waals surface area contributed by atoms with E-state index in [1.807, 2.05) is 36.9 Å². The molecule has 4 rings (SSSR count). The first-order chi connectivity index (χ1) is 15.9. The number of aromatic nitrogens is 4. The van der Waals surface area contributed by atoms with Crippen LogP contribution in [-0.4, -0.2) is 32.8 Å². The van der Waals surface area contributed by atoms with Gasteiger partial charge in [0, 0.05) is 54.1 Å². The summed E-state index contributed by atoms with van der Waals surface area (Å²) < 4.78 is 22.5. The van der Waals surface area contributed by atoms with Gasteiger partial charge in [-0.3, -0.25) is 24.3 Å². The lowest BCUT2D eigenvalue weighted by Crippen LogP contribution is -2.28. The fraction of sp³-hybridized carbons (Fsp3) is 0.280. The fourth-order valence-electron chi connectivity index (χ4n) is 4.00. The number of carbonyl (C=O) groups excluding carboxylic acids is 1. The summed E-state index contributed by atoms with van der Waals surface area (Å²) in [5.74, 6) is -0.144. The number of methoxy groups -OCH3 is 1. The Hall–Kier alpha value is -3.81. The van der Waals surface area contributed by atoms with E-state index in [0.29, 0.717) is 27.9 Å². The van der Waals surface area contributed by atoms with Gasteiger partial charge in [-0.25, -0.2) is 4.39 Å². The van der Waals surface area contributed by atoms with Gasteiger partial charge in [-0.1, -0.05) is 6.92 Å². The maximum atomic E-state index is 15.0. The highest BCUT2D eigenvalue weighted by Gasteiger charge is 2.26. The molecule has 0 aliphatic carbocycles. The second kappa shape index (κ2) is 8.97. The summed E-state index contributed by atoms with van der Waals surface area (Å²) in [6, 6.07) is 3.77. The summed E-state index contributed by atoms with van der Waals surface area (Å²) in [6.07, 6.45) is 8.30. The van der Waals surface area contributed by atoms with E-state index in [-0.39, 0.29) is 18.0 Å². The number of rotatable bonds is 6. The van der Waals surface area contributed by atoms with Crippen LogP contribution in [0.4, 0.5) is 15.8 Å². The van der Waals surface area contributed by atoms with E-state index >= 15 is 4.39 Å². The number of carbonyl (C=O) groups is 1. The SMILES string of the molecule is CCC(=O)N(c1c(C)cncc1F)c1c(C)cnc2cc(OC)c(-c3cnn(CC)c3)cc12. The van der Waals surface area contributed by atoms with E-state index in [9.17, 15) is 4.79 Å². The third-order valence-electron chi connectivity index (χ3n) is 5.67. The smallest absolute Gasteiger partial charge is 0.231 e. The monoisotopic (exact) mass is 447 g/mol. The highest BCUT2D eigenvalue weighted by molar-refractivity contribution is 6.10. The van der Waals surface area contributed by atoms with Crippen molar-refractivity contribution < 1.29 is 13.9 Å². The molecule has 0 aliphatic heterocycles. The van der Waals surface area contributed by atoms with E-state index in [1.165, 1.54) is 4.90 Å². The lowest BCUT2D eigenvalue weighted by Gasteiger charge is -2.27. The highest BCUT2D eigenvalue weighted by Crippen LogP contribution is 2.41. The van der Waals surface area contributed by atoms with Crippen molar-refractivity contribution in [2.45, 2.75) is 40.7 Å². The van der Waals surface area contributed by atoms with Crippen molar-refractivity contribution in [3.05, 3.63) is 60.1 Å². The number of hydrogen-bond donors (Lipinski definition) is 0. The largest absolute Gasteiger partial charge is 0.496 e. The van der Waals surface area contributed by atoms with Crippen molar-refractivity contribution >= 4 is 28.2 Å². The zero-order valence-electron chi connectivity index (χ0n) is 19.4. The van der Waals surface area contributed by atoms with Crippen LogP contribution in [0, 0.1) is 19.7 Å². The Kier molecular flexibility index (Phi) is 6.09. The molecule has 7 nitrogen and oxygen atoms in total. The van der Waals surface area contributed by atoms with Gasteiger partial charge in [0.15, 0.2) is 5.82 Å². The van der Waals surface area contributed by atoms with Crippen molar-refractivity contribution in [2.75, 3.05) is 12.0 Å². The molecule has 0 bridgehead atoms. The molecule has 0 unspecified atom stereocenters. The van der Waals surface area contributed by atoms with E-state index in [0.717, 1.165) is 29.4 Å². The molecule has 8 heteroatoms. The number of ether oxygens (including phenoxy) is 1. The zero-order valence-corrected chi connectivity index (χ0v) is 19.4. The van der Waals surface area contributed by atoms with Crippen LogP contribution in [0.3, 0.4) is 0 Å². The molecule has 0 N–H and O–H groups in total. The van der Waals surface area contributed by atoms with Gasteiger partial charge in [-0.15, -0.1) is 0 Å². The third-order valence-corrected chi connectivity index (χ3v) is 5.67. The van der Waals surface area contributed by atoms with Crippen molar-refractivity contribution in [1.82, 2.24) is 19.7 Å². The first-order valence-electron chi connectivity index (χ1n) is 10.8. The van der Waals surface area contributed by atoms with E-state index in [1.54, 1.807) is 39.5 Å². The molecule has 0 spiro atoms. The summed E-state index contributed by atoms with van der Waals surface area (Å²) in [6.45, 7) is 8.12. The Balaban J connectivity index is 2.06. The number of anilines is 2. The molecule has 33 heavy (non-hydrogen) atoms. The number of hydrogen-bond acceptors (Lipinski definition) is 5. The Morgan fingerprint density at radius 3 is 2.48 bits per heavy atom. The average Bonchev–Trinajstić information content (AvgIpc) is 3.30. The first kappa shape index (κ1) is 22.4. The number of aryl methyl sites for hydroxylation is 3. The number of fused-ring (bicyclic) bond motifs is 1. The van der Waals surface area contributed by atoms with Crippen molar-refractivity contribution in [1.29, 1.82) is 0 Å². The molecular formula is C25H26FN5O2. The predicted octanol–water partition coefficient (Wildman–Crippen LogP) is 5.35. The van der Waals surface area contributed by atoms with Gasteiger partial charge >= 0.3 is 0 Å². The lowest BCUT2D eigenvalue weighted by molar-refractivity contribution is -0.117. The molecule has 0 saturated carbocycles. The maximum absolute atomic E-state index is 15.0. The van der Waals surface area contributed by atoms with Crippen LogP contribution in [0.5, 0.6) is 5.75 Å². The average molecular weight is 448 g/mol.